The molecule has 0 atom stereocenters. The Hall–Kier alpha value is -2.24. The van der Waals surface area contributed by atoms with Gasteiger partial charge < -0.3 is 4.90 Å². The van der Waals surface area contributed by atoms with Gasteiger partial charge in [0, 0.05) is 35.3 Å². The number of carbonyl (C=O) groups is 1. The maximum atomic E-state index is 12.8. The fourth-order valence-corrected chi connectivity index (χ4v) is 4.48. The number of benzene rings is 1. The second-order valence-electron chi connectivity index (χ2n) is 6.77. The first kappa shape index (κ1) is 16.0. The molecule has 6 heteroatoms. The van der Waals surface area contributed by atoms with Crippen LogP contribution in [-0.4, -0.2) is 22.4 Å². The number of hydrogen-bond acceptors (Lipinski definition) is 4. The maximum absolute atomic E-state index is 12.8. The van der Waals surface area contributed by atoms with Gasteiger partial charge in [0.2, 0.25) is 0 Å². The number of fused-ring (bicyclic) bond motifs is 1. The Bertz CT molecular complexity index is 995. The molecule has 2 aliphatic rings. The average Bonchev–Trinajstić information content (AvgIpc) is 3.24. The van der Waals surface area contributed by atoms with E-state index in [1.807, 2.05) is 11.0 Å². The molecule has 5 rings (SSSR count). The first-order valence-electron chi connectivity index (χ1n) is 8.71. The quantitative estimate of drug-likeness (QED) is 0.604. The molecule has 0 N–H and O–H groups in total. The molecule has 4 nitrogen and oxygen atoms in total. The van der Waals surface area contributed by atoms with E-state index < -0.39 is 0 Å². The number of anilines is 1. The van der Waals surface area contributed by atoms with E-state index in [2.05, 4.69) is 22.5 Å². The minimum absolute atomic E-state index is 0.0367. The van der Waals surface area contributed by atoms with Gasteiger partial charge in [-0.25, -0.2) is 9.97 Å². The summed E-state index contributed by atoms with van der Waals surface area (Å²) in [5.41, 5.74) is 4.91. The van der Waals surface area contributed by atoms with Crippen molar-refractivity contribution in [2.24, 2.45) is 0 Å². The topological polar surface area (TPSA) is 46.1 Å². The van der Waals surface area contributed by atoms with Crippen molar-refractivity contribution in [3.63, 3.8) is 0 Å². The Kier molecular flexibility index (Phi) is 3.80. The number of nitrogens with zero attached hydrogens (tertiary/aromatic N) is 3. The number of rotatable bonds is 3. The zero-order valence-electron chi connectivity index (χ0n) is 14.0. The van der Waals surface area contributed by atoms with Gasteiger partial charge in [-0.2, -0.15) is 0 Å². The molecule has 0 saturated heterocycles. The molecule has 3 heterocycles. The Morgan fingerprint density at radius 2 is 2.12 bits per heavy atom. The predicted octanol–water partition coefficient (Wildman–Crippen LogP) is 4.94. The summed E-state index contributed by atoms with van der Waals surface area (Å²) in [6, 6.07) is 9.65. The molecule has 3 aromatic rings. The van der Waals surface area contributed by atoms with Crippen molar-refractivity contribution in [3.8, 4) is 11.3 Å². The summed E-state index contributed by atoms with van der Waals surface area (Å²) in [5, 5.41) is 3.79. The summed E-state index contributed by atoms with van der Waals surface area (Å²) in [6.45, 7) is 0.685. The van der Waals surface area contributed by atoms with Crippen molar-refractivity contribution in [2.75, 3.05) is 11.4 Å². The third kappa shape index (κ3) is 2.81. The number of pyridine rings is 1. The first-order chi connectivity index (χ1) is 12.7. The van der Waals surface area contributed by atoms with E-state index in [9.17, 15) is 4.79 Å². The third-order valence-corrected chi connectivity index (χ3v) is 6.17. The van der Waals surface area contributed by atoms with Crippen LogP contribution in [0.25, 0.3) is 11.3 Å². The second-order valence-corrected chi connectivity index (χ2v) is 8.04. The third-order valence-electron chi connectivity index (χ3n) is 4.94. The van der Waals surface area contributed by atoms with Gasteiger partial charge in [-0.15, -0.1) is 11.3 Å². The molecule has 1 saturated carbocycles. The van der Waals surface area contributed by atoms with Crippen molar-refractivity contribution in [1.82, 2.24) is 9.97 Å². The normalized spacial score (nSPS) is 16.0. The van der Waals surface area contributed by atoms with Gasteiger partial charge in [-0.1, -0.05) is 17.7 Å². The van der Waals surface area contributed by atoms with Gasteiger partial charge in [-0.05, 0) is 49.1 Å². The van der Waals surface area contributed by atoms with E-state index in [0.29, 0.717) is 23.2 Å². The number of carbonyl (C=O) groups excluding carboxylic acids is 1. The van der Waals surface area contributed by atoms with Crippen molar-refractivity contribution in [1.29, 1.82) is 0 Å². The van der Waals surface area contributed by atoms with Crippen LogP contribution in [0.3, 0.4) is 0 Å². The lowest BCUT2D eigenvalue weighted by Gasteiger charge is -2.17. The van der Waals surface area contributed by atoms with E-state index in [1.165, 1.54) is 29.6 Å². The first-order valence-corrected chi connectivity index (χ1v) is 9.97. The Balaban J connectivity index is 1.42. The van der Waals surface area contributed by atoms with Gasteiger partial charge >= 0.3 is 0 Å². The van der Waals surface area contributed by atoms with Crippen LogP contribution in [0.15, 0.2) is 41.9 Å². The highest BCUT2D eigenvalue weighted by molar-refractivity contribution is 7.10. The molecule has 0 unspecified atom stereocenters. The molecule has 26 heavy (non-hydrogen) atoms. The largest absolute Gasteiger partial charge is 0.308 e. The van der Waals surface area contributed by atoms with Crippen molar-refractivity contribution < 1.29 is 4.79 Å². The molecule has 1 aliphatic carbocycles. The highest BCUT2D eigenvalue weighted by Crippen LogP contribution is 2.43. The van der Waals surface area contributed by atoms with Crippen LogP contribution in [0.1, 0.15) is 39.7 Å². The Morgan fingerprint density at radius 1 is 1.23 bits per heavy atom. The SMILES string of the molecule is O=C(c1ccc(Cl)nc1)N1CCc2cc(-c3csc(C4CC4)n3)ccc21. The molecule has 0 spiro atoms. The predicted molar refractivity (Wildman–Crippen MR) is 104 cm³/mol. The summed E-state index contributed by atoms with van der Waals surface area (Å²) in [7, 11) is 0. The van der Waals surface area contributed by atoms with Gasteiger partial charge in [-0.3, -0.25) is 4.79 Å². The zero-order chi connectivity index (χ0) is 17.7. The lowest BCUT2D eigenvalue weighted by atomic mass is 10.1. The number of thiazole rings is 1. The number of hydrogen-bond donors (Lipinski definition) is 0. The molecule has 2 aromatic heterocycles. The number of halogens is 1. The lowest BCUT2D eigenvalue weighted by molar-refractivity contribution is 0.0989. The molecule has 1 aliphatic heterocycles. The highest BCUT2D eigenvalue weighted by atomic mass is 35.5. The summed E-state index contributed by atoms with van der Waals surface area (Å²) in [5.74, 6) is 0.648. The van der Waals surface area contributed by atoms with Crippen LogP contribution < -0.4 is 4.90 Å². The summed E-state index contributed by atoms with van der Waals surface area (Å²) in [4.78, 5) is 23.4. The van der Waals surface area contributed by atoms with Crippen molar-refractivity contribution >= 4 is 34.5 Å². The van der Waals surface area contributed by atoms with Gasteiger partial charge in [0.1, 0.15) is 5.15 Å². The molecule has 1 fully saturated rings. The zero-order valence-corrected chi connectivity index (χ0v) is 15.6. The summed E-state index contributed by atoms with van der Waals surface area (Å²) in [6.07, 6.45) is 4.93. The van der Waals surface area contributed by atoms with Crippen LogP contribution in [0.5, 0.6) is 0 Å². The van der Waals surface area contributed by atoms with Gasteiger partial charge in [0.05, 0.1) is 16.3 Å². The second kappa shape index (κ2) is 6.18. The molecular weight excluding hydrogens is 366 g/mol. The lowest BCUT2D eigenvalue weighted by Crippen LogP contribution is -2.28. The van der Waals surface area contributed by atoms with Crippen molar-refractivity contribution in [3.05, 3.63) is 63.2 Å². The van der Waals surface area contributed by atoms with E-state index >= 15 is 0 Å². The fourth-order valence-electron chi connectivity index (χ4n) is 3.37. The molecular formula is C20H16ClN3OS. The van der Waals surface area contributed by atoms with Crippen LogP contribution in [0, 0.1) is 0 Å². The van der Waals surface area contributed by atoms with E-state index in [0.717, 1.165) is 23.4 Å². The molecule has 1 amide bonds. The smallest absolute Gasteiger partial charge is 0.259 e. The van der Waals surface area contributed by atoms with Gasteiger partial charge in [0.15, 0.2) is 0 Å². The van der Waals surface area contributed by atoms with Crippen LogP contribution in [0.2, 0.25) is 5.15 Å². The van der Waals surface area contributed by atoms with Crippen molar-refractivity contribution in [2.45, 2.75) is 25.2 Å². The average molecular weight is 382 g/mol. The fraction of sp³-hybridized carbons (Fsp3) is 0.250. The maximum Gasteiger partial charge on any atom is 0.259 e. The van der Waals surface area contributed by atoms with Crippen LogP contribution in [0.4, 0.5) is 5.69 Å². The summed E-state index contributed by atoms with van der Waals surface area (Å²) >= 11 is 7.58. The number of amides is 1. The van der Waals surface area contributed by atoms with Gasteiger partial charge in [0.25, 0.3) is 5.91 Å². The minimum atomic E-state index is -0.0367. The molecule has 1 aromatic carbocycles. The van der Waals surface area contributed by atoms with Crippen LogP contribution >= 0.6 is 22.9 Å². The molecule has 0 radical (unpaired) electrons. The standard InChI is InChI=1S/C20H16ClN3OS/c21-18-6-4-15(10-22-18)20(25)24-8-7-14-9-13(3-5-17(14)24)16-11-26-19(23-16)12-1-2-12/h3-6,9-12H,1-2,7-8H2. The number of aromatic nitrogens is 2. The Labute approximate surface area is 160 Å². The highest BCUT2D eigenvalue weighted by Gasteiger charge is 2.28. The molecule has 130 valence electrons. The minimum Gasteiger partial charge on any atom is -0.308 e. The molecule has 0 bridgehead atoms. The summed E-state index contributed by atoms with van der Waals surface area (Å²) < 4.78 is 0. The van der Waals surface area contributed by atoms with E-state index in [-0.39, 0.29) is 5.91 Å². The van der Waals surface area contributed by atoms with E-state index in [1.54, 1.807) is 23.5 Å². The monoisotopic (exact) mass is 381 g/mol. The van der Waals surface area contributed by atoms with E-state index in [4.69, 9.17) is 16.6 Å². The Morgan fingerprint density at radius 3 is 2.88 bits per heavy atom. The van der Waals surface area contributed by atoms with Crippen LogP contribution in [-0.2, 0) is 6.42 Å².